The standard InChI is InChI=1S/C12H18N2O5/c15-10(7-19-8-11(16)17)13-3-5-14(6-4-13)12(18)9-1-2-9/h9H,1-8H2,(H,16,17). The van der Waals surface area contributed by atoms with Gasteiger partial charge in [0.25, 0.3) is 0 Å². The molecule has 2 aliphatic rings. The molecule has 2 amide bonds. The van der Waals surface area contributed by atoms with E-state index in [1.54, 1.807) is 9.80 Å². The Morgan fingerprint density at radius 3 is 2.11 bits per heavy atom. The highest BCUT2D eigenvalue weighted by Crippen LogP contribution is 2.31. The van der Waals surface area contributed by atoms with Crippen molar-refractivity contribution in [3.63, 3.8) is 0 Å². The summed E-state index contributed by atoms with van der Waals surface area (Å²) >= 11 is 0. The fraction of sp³-hybridized carbons (Fsp3) is 0.750. The Balaban J connectivity index is 1.68. The zero-order valence-electron chi connectivity index (χ0n) is 10.7. The van der Waals surface area contributed by atoms with Gasteiger partial charge in [-0.15, -0.1) is 0 Å². The number of nitrogens with zero attached hydrogens (tertiary/aromatic N) is 2. The highest BCUT2D eigenvalue weighted by Gasteiger charge is 2.35. The Hall–Kier alpha value is -1.63. The van der Waals surface area contributed by atoms with E-state index in [4.69, 9.17) is 9.84 Å². The van der Waals surface area contributed by atoms with Crippen molar-refractivity contribution in [1.29, 1.82) is 0 Å². The topological polar surface area (TPSA) is 87.2 Å². The van der Waals surface area contributed by atoms with Crippen molar-refractivity contribution in [1.82, 2.24) is 9.80 Å². The number of rotatable bonds is 5. The molecule has 0 aromatic carbocycles. The zero-order valence-corrected chi connectivity index (χ0v) is 10.7. The summed E-state index contributed by atoms with van der Waals surface area (Å²) in [6.45, 7) is 1.41. The van der Waals surface area contributed by atoms with Crippen LogP contribution in [0.4, 0.5) is 0 Å². The summed E-state index contributed by atoms with van der Waals surface area (Å²) in [4.78, 5) is 37.2. The van der Waals surface area contributed by atoms with E-state index in [1.807, 2.05) is 0 Å². The molecule has 1 aliphatic heterocycles. The first-order chi connectivity index (χ1) is 9.08. The number of hydrogen-bond donors (Lipinski definition) is 1. The molecular formula is C12H18N2O5. The van der Waals surface area contributed by atoms with E-state index in [2.05, 4.69) is 0 Å². The van der Waals surface area contributed by atoms with Gasteiger partial charge in [0.2, 0.25) is 11.8 Å². The molecular weight excluding hydrogens is 252 g/mol. The molecule has 2 rings (SSSR count). The number of carbonyl (C=O) groups excluding carboxylic acids is 2. The molecule has 1 heterocycles. The van der Waals surface area contributed by atoms with E-state index in [9.17, 15) is 14.4 Å². The van der Waals surface area contributed by atoms with Gasteiger partial charge >= 0.3 is 5.97 Å². The van der Waals surface area contributed by atoms with E-state index >= 15 is 0 Å². The number of ether oxygens (including phenoxy) is 1. The third-order valence-corrected chi connectivity index (χ3v) is 3.32. The number of aliphatic carboxylic acids is 1. The molecule has 0 bridgehead atoms. The Morgan fingerprint density at radius 1 is 1.00 bits per heavy atom. The molecule has 0 atom stereocenters. The first-order valence-corrected chi connectivity index (χ1v) is 6.44. The molecule has 19 heavy (non-hydrogen) atoms. The maximum absolute atomic E-state index is 11.8. The van der Waals surface area contributed by atoms with Gasteiger partial charge in [-0.1, -0.05) is 0 Å². The number of carboxylic acid groups (broad SMARTS) is 1. The lowest BCUT2D eigenvalue weighted by atomic mass is 10.2. The van der Waals surface area contributed by atoms with Crippen LogP contribution in [0, 0.1) is 5.92 Å². The minimum absolute atomic E-state index is 0.203. The lowest BCUT2D eigenvalue weighted by Crippen LogP contribution is -2.51. The average Bonchev–Trinajstić information content (AvgIpc) is 3.22. The van der Waals surface area contributed by atoms with Crippen molar-refractivity contribution < 1.29 is 24.2 Å². The van der Waals surface area contributed by atoms with Crippen LogP contribution >= 0.6 is 0 Å². The molecule has 7 heteroatoms. The van der Waals surface area contributed by atoms with Gasteiger partial charge in [-0.25, -0.2) is 4.79 Å². The van der Waals surface area contributed by atoms with Gasteiger partial charge in [0.15, 0.2) is 0 Å². The zero-order chi connectivity index (χ0) is 13.8. The number of piperazine rings is 1. The van der Waals surface area contributed by atoms with Crippen LogP contribution < -0.4 is 0 Å². The van der Waals surface area contributed by atoms with Crippen molar-refractivity contribution in [2.24, 2.45) is 5.92 Å². The smallest absolute Gasteiger partial charge is 0.329 e. The molecule has 1 saturated carbocycles. The molecule has 7 nitrogen and oxygen atoms in total. The maximum atomic E-state index is 11.8. The van der Waals surface area contributed by atoms with Crippen LogP contribution in [0.1, 0.15) is 12.8 Å². The van der Waals surface area contributed by atoms with Gasteiger partial charge in [-0.05, 0) is 12.8 Å². The summed E-state index contributed by atoms with van der Waals surface area (Å²) < 4.78 is 4.76. The fourth-order valence-electron chi connectivity index (χ4n) is 2.08. The predicted octanol–water partition coefficient (Wildman–Crippen LogP) is -0.832. The summed E-state index contributed by atoms with van der Waals surface area (Å²) in [6, 6.07) is 0. The summed E-state index contributed by atoms with van der Waals surface area (Å²) in [7, 11) is 0. The Labute approximate surface area is 111 Å². The van der Waals surface area contributed by atoms with Crippen molar-refractivity contribution in [3.8, 4) is 0 Å². The van der Waals surface area contributed by atoms with Gasteiger partial charge in [0, 0.05) is 32.1 Å². The Kier molecular flexibility index (Phi) is 4.36. The number of hydrogen-bond acceptors (Lipinski definition) is 4. The van der Waals surface area contributed by atoms with E-state index in [0.717, 1.165) is 12.8 Å². The van der Waals surface area contributed by atoms with Crippen molar-refractivity contribution >= 4 is 17.8 Å². The third kappa shape index (κ3) is 3.92. The normalized spacial score (nSPS) is 19.4. The highest BCUT2D eigenvalue weighted by molar-refractivity contribution is 5.82. The Bertz CT molecular complexity index is 372. The summed E-state index contributed by atoms with van der Waals surface area (Å²) in [5, 5.41) is 8.40. The summed E-state index contributed by atoms with van der Waals surface area (Å²) in [6.07, 6.45) is 1.97. The van der Waals surface area contributed by atoms with Crippen LogP contribution in [-0.4, -0.2) is 72.1 Å². The van der Waals surface area contributed by atoms with E-state index in [-0.39, 0.29) is 24.3 Å². The second-order valence-electron chi connectivity index (χ2n) is 4.87. The minimum Gasteiger partial charge on any atom is -0.480 e. The second-order valence-corrected chi connectivity index (χ2v) is 4.87. The quantitative estimate of drug-likeness (QED) is 0.704. The lowest BCUT2D eigenvalue weighted by molar-refractivity contribution is -0.148. The maximum Gasteiger partial charge on any atom is 0.329 e. The molecule has 1 aliphatic carbocycles. The highest BCUT2D eigenvalue weighted by atomic mass is 16.5. The van der Waals surface area contributed by atoms with Crippen LogP contribution in [0.3, 0.4) is 0 Å². The third-order valence-electron chi connectivity index (χ3n) is 3.32. The van der Waals surface area contributed by atoms with Crippen LogP contribution in [0.5, 0.6) is 0 Å². The van der Waals surface area contributed by atoms with Gasteiger partial charge in [0.1, 0.15) is 13.2 Å². The van der Waals surface area contributed by atoms with Crippen molar-refractivity contribution in [3.05, 3.63) is 0 Å². The van der Waals surface area contributed by atoms with E-state index in [0.29, 0.717) is 26.2 Å². The minimum atomic E-state index is -1.09. The van der Waals surface area contributed by atoms with Crippen molar-refractivity contribution in [2.75, 3.05) is 39.4 Å². The van der Waals surface area contributed by atoms with Crippen LogP contribution in [0.25, 0.3) is 0 Å². The van der Waals surface area contributed by atoms with Gasteiger partial charge < -0.3 is 19.6 Å². The molecule has 0 radical (unpaired) electrons. The lowest BCUT2D eigenvalue weighted by Gasteiger charge is -2.34. The first-order valence-electron chi connectivity index (χ1n) is 6.44. The van der Waals surface area contributed by atoms with Gasteiger partial charge in [-0.2, -0.15) is 0 Å². The molecule has 1 N–H and O–H groups in total. The largest absolute Gasteiger partial charge is 0.480 e. The summed E-state index contributed by atoms with van der Waals surface area (Å²) in [5.41, 5.74) is 0. The summed E-state index contributed by atoms with van der Waals surface area (Å²) in [5.74, 6) is -0.900. The molecule has 0 unspecified atom stereocenters. The molecule has 0 spiro atoms. The number of carboxylic acids is 1. The van der Waals surface area contributed by atoms with Gasteiger partial charge in [-0.3, -0.25) is 9.59 Å². The number of amides is 2. The van der Waals surface area contributed by atoms with Crippen LogP contribution in [0.15, 0.2) is 0 Å². The first kappa shape index (κ1) is 13.8. The van der Waals surface area contributed by atoms with E-state index in [1.165, 1.54) is 0 Å². The monoisotopic (exact) mass is 270 g/mol. The van der Waals surface area contributed by atoms with Crippen LogP contribution in [-0.2, 0) is 19.1 Å². The predicted molar refractivity (Wildman–Crippen MR) is 64.3 cm³/mol. The van der Waals surface area contributed by atoms with E-state index < -0.39 is 12.6 Å². The molecule has 0 aromatic rings. The Morgan fingerprint density at radius 2 is 1.58 bits per heavy atom. The molecule has 1 saturated heterocycles. The average molecular weight is 270 g/mol. The molecule has 0 aromatic heterocycles. The molecule has 106 valence electrons. The fourth-order valence-corrected chi connectivity index (χ4v) is 2.08. The van der Waals surface area contributed by atoms with Crippen LogP contribution in [0.2, 0.25) is 0 Å². The van der Waals surface area contributed by atoms with Crippen molar-refractivity contribution in [2.45, 2.75) is 12.8 Å². The van der Waals surface area contributed by atoms with Gasteiger partial charge in [0.05, 0.1) is 0 Å². The second kappa shape index (κ2) is 6.01. The molecule has 2 fully saturated rings. The SMILES string of the molecule is O=C(O)COCC(=O)N1CCN(C(=O)C2CC2)CC1. The number of carbonyl (C=O) groups is 3.